The third-order valence-electron chi connectivity index (χ3n) is 3.35. The predicted octanol–water partition coefficient (Wildman–Crippen LogP) is 0.830. The molecule has 17 heavy (non-hydrogen) atoms. The molecule has 2 heterocycles. The van der Waals surface area contributed by atoms with Gasteiger partial charge in [0.15, 0.2) is 0 Å². The average molecular weight is 237 g/mol. The molecule has 1 aromatic rings. The van der Waals surface area contributed by atoms with E-state index in [0.717, 1.165) is 25.3 Å². The molecule has 1 fully saturated rings. The van der Waals surface area contributed by atoms with Crippen LogP contribution in [0.25, 0.3) is 0 Å². The number of anilines is 1. The molecule has 1 aliphatic rings. The van der Waals surface area contributed by atoms with Crippen molar-refractivity contribution in [2.75, 3.05) is 25.1 Å². The van der Waals surface area contributed by atoms with E-state index in [9.17, 15) is 0 Å². The highest BCUT2D eigenvalue weighted by Crippen LogP contribution is 2.23. The Morgan fingerprint density at radius 1 is 1.53 bits per heavy atom. The number of ether oxygens (including phenoxy) is 1. The summed E-state index contributed by atoms with van der Waals surface area (Å²) in [5, 5.41) is 9.05. The molecule has 2 unspecified atom stereocenters. The molecule has 0 radical (unpaired) electrons. The Balaban J connectivity index is 2.11. The van der Waals surface area contributed by atoms with Crippen molar-refractivity contribution in [2.45, 2.75) is 26.1 Å². The summed E-state index contributed by atoms with van der Waals surface area (Å²) < 4.78 is 5.47. The topological polar surface area (TPSA) is 58.5 Å². The van der Waals surface area contributed by atoms with Crippen molar-refractivity contribution in [3.05, 3.63) is 18.1 Å². The van der Waals surface area contributed by atoms with E-state index in [2.05, 4.69) is 21.8 Å². The second kappa shape index (κ2) is 5.42. The van der Waals surface area contributed by atoms with Gasteiger partial charge in [-0.05, 0) is 12.3 Å². The molecule has 5 nitrogen and oxygen atoms in total. The first-order valence-corrected chi connectivity index (χ1v) is 5.94. The molecule has 2 atom stereocenters. The molecule has 5 heteroatoms. The summed E-state index contributed by atoms with van der Waals surface area (Å²) in [4.78, 5) is 10.6. The zero-order valence-corrected chi connectivity index (χ0v) is 10.3. The Labute approximate surface area is 101 Å². The Morgan fingerprint density at radius 3 is 3.06 bits per heavy atom. The third-order valence-corrected chi connectivity index (χ3v) is 3.35. The second-order valence-corrected chi connectivity index (χ2v) is 4.51. The quantitative estimate of drug-likeness (QED) is 0.844. The van der Waals surface area contributed by atoms with Gasteiger partial charge < -0.3 is 14.7 Å². The van der Waals surface area contributed by atoms with Crippen molar-refractivity contribution in [1.29, 1.82) is 0 Å². The Bertz CT molecular complexity index is 373. The van der Waals surface area contributed by atoms with Gasteiger partial charge in [0.2, 0.25) is 0 Å². The minimum absolute atomic E-state index is 0.0706. The van der Waals surface area contributed by atoms with Crippen LogP contribution in [0.4, 0.5) is 5.82 Å². The fraction of sp³-hybridized carbons (Fsp3) is 0.667. The van der Waals surface area contributed by atoms with Crippen LogP contribution >= 0.6 is 0 Å². The maximum absolute atomic E-state index is 9.05. The predicted molar refractivity (Wildman–Crippen MR) is 64.7 cm³/mol. The number of methoxy groups -OCH3 is 1. The first kappa shape index (κ1) is 12.3. The van der Waals surface area contributed by atoms with Crippen LogP contribution in [0.1, 0.15) is 19.0 Å². The molecule has 1 saturated heterocycles. The van der Waals surface area contributed by atoms with E-state index in [0.29, 0.717) is 11.6 Å². The van der Waals surface area contributed by atoms with E-state index in [-0.39, 0.29) is 12.7 Å². The maximum Gasteiger partial charge on any atom is 0.147 e. The molecular weight excluding hydrogens is 218 g/mol. The largest absolute Gasteiger partial charge is 0.390 e. The third kappa shape index (κ3) is 2.73. The zero-order chi connectivity index (χ0) is 12.3. The second-order valence-electron chi connectivity index (χ2n) is 4.51. The Hall–Kier alpha value is -1.20. The lowest BCUT2D eigenvalue weighted by molar-refractivity contribution is 0.0496. The van der Waals surface area contributed by atoms with Crippen molar-refractivity contribution < 1.29 is 9.84 Å². The van der Waals surface area contributed by atoms with E-state index < -0.39 is 0 Å². The van der Waals surface area contributed by atoms with Gasteiger partial charge in [-0.3, -0.25) is 4.98 Å². The number of hydrogen-bond acceptors (Lipinski definition) is 5. The van der Waals surface area contributed by atoms with Gasteiger partial charge >= 0.3 is 0 Å². The number of aliphatic hydroxyl groups excluding tert-OH is 1. The summed E-state index contributed by atoms with van der Waals surface area (Å²) in [5.41, 5.74) is 0.607. The van der Waals surface area contributed by atoms with E-state index >= 15 is 0 Å². The van der Waals surface area contributed by atoms with Crippen LogP contribution in [0.15, 0.2) is 12.4 Å². The number of hydrogen-bond donors (Lipinski definition) is 1. The van der Waals surface area contributed by atoms with Crippen molar-refractivity contribution in [3.63, 3.8) is 0 Å². The average Bonchev–Trinajstić information content (AvgIpc) is 2.39. The van der Waals surface area contributed by atoms with Gasteiger partial charge in [-0.2, -0.15) is 0 Å². The van der Waals surface area contributed by atoms with Gasteiger partial charge in [-0.15, -0.1) is 0 Å². The summed E-state index contributed by atoms with van der Waals surface area (Å²) in [6, 6.07) is 0. The molecule has 0 amide bonds. The lowest BCUT2D eigenvalue weighted by Gasteiger charge is -2.36. The zero-order valence-electron chi connectivity index (χ0n) is 10.3. The lowest BCUT2D eigenvalue weighted by Crippen LogP contribution is -2.44. The molecule has 0 bridgehead atoms. The minimum atomic E-state index is -0.0706. The maximum atomic E-state index is 9.05. The number of aliphatic hydroxyl groups is 1. The van der Waals surface area contributed by atoms with Gasteiger partial charge in [0, 0.05) is 20.2 Å². The van der Waals surface area contributed by atoms with Gasteiger partial charge in [-0.1, -0.05) is 6.92 Å². The normalized spacial score (nSPS) is 25.0. The fourth-order valence-electron chi connectivity index (χ4n) is 2.17. The van der Waals surface area contributed by atoms with Crippen LogP contribution in [-0.4, -0.2) is 41.4 Å². The lowest BCUT2D eigenvalue weighted by atomic mass is 9.96. The summed E-state index contributed by atoms with van der Waals surface area (Å²) in [6.45, 7) is 3.94. The van der Waals surface area contributed by atoms with Crippen LogP contribution in [0, 0.1) is 5.92 Å². The number of nitrogens with zero attached hydrogens (tertiary/aromatic N) is 3. The number of rotatable bonds is 3. The van der Waals surface area contributed by atoms with E-state index in [1.54, 1.807) is 19.5 Å². The molecule has 0 spiro atoms. The van der Waals surface area contributed by atoms with Gasteiger partial charge in [0.05, 0.1) is 30.8 Å². The van der Waals surface area contributed by atoms with Crippen LogP contribution < -0.4 is 4.90 Å². The summed E-state index contributed by atoms with van der Waals surface area (Å²) >= 11 is 0. The Kier molecular flexibility index (Phi) is 3.91. The van der Waals surface area contributed by atoms with Crippen LogP contribution in [0.5, 0.6) is 0 Å². The summed E-state index contributed by atoms with van der Waals surface area (Å²) in [7, 11) is 1.75. The number of aromatic nitrogens is 2. The minimum Gasteiger partial charge on any atom is -0.390 e. The van der Waals surface area contributed by atoms with Gasteiger partial charge in [-0.25, -0.2) is 4.98 Å². The van der Waals surface area contributed by atoms with Crippen LogP contribution in [0.3, 0.4) is 0 Å². The Morgan fingerprint density at radius 2 is 2.35 bits per heavy atom. The van der Waals surface area contributed by atoms with E-state index in [1.165, 1.54) is 0 Å². The van der Waals surface area contributed by atoms with Crippen molar-refractivity contribution >= 4 is 5.82 Å². The molecule has 0 aromatic carbocycles. The fourth-order valence-corrected chi connectivity index (χ4v) is 2.17. The highest BCUT2D eigenvalue weighted by Gasteiger charge is 2.26. The molecular formula is C12H19N3O2. The highest BCUT2D eigenvalue weighted by molar-refractivity contribution is 5.37. The van der Waals surface area contributed by atoms with Crippen LogP contribution in [-0.2, 0) is 11.3 Å². The molecule has 1 N–H and O–H groups in total. The standard InChI is InChI=1S/C12H19N3O2/c1-9-3-4-15(7-11(9)17-2)12-6-13-5-10(8-16)14-12/h5-6,9,11,16H,3-4,7-8H2,1-2H3. The van der Waals surface area contributed by atoms with E-state index in [4.69, 9.17) is 9.84 Å². The molecule has 0 aliphatic carbocycles. The van der Waals surface area contributed by atoms with Crippen molar-refractivity contribution in [3.8, 4) is 0 Å². The molecule has 0 saturated carbocycles. The van der Waals surface area contributed by atoms with Crippen molar-refractivity contribution in [2.24, 2.45) is 5.92 Å². The smallest absolute Gasteiger partial charge is 0.147 e. The summed E-state index contributed by atoms with van der Waals surface area (Å²) in [5.74, 6) is 1.40. The molecule has 1 aliphatic heterocycles. The van der Waals surface area contributed by atoms with Crippen LogP contribution in [0.2, 0.25) is 0 Å². The highest BCUT2D eigenvalue weighted by atomic mass is 16.5. The number of piperidine rings is 1. The van der Waals surface area contributed by atoms with Gasteiger partial charge in [0.1, 0.15) is 5.82 Å². The first-order valence-electron chi connectivity index (χ1n) is 5.94. The molecule has 1 aromatic heterocycles. The van der Waals surface area contributed by atoms with Crippen molar-refractivity contribution in [1.82, 2.24) is 9.97 Å². The molecule has 94 valence electrons. The summed E-state index contributed by atoms with van der Waals surface area (Å²) in [6.07, 6.45) is 4.65. The first-order chi connectivity index (χ1) is 8.24. The van der Waals surface area contributed by atoms with E-state index in [1.807, 2.05) is 0 Å². The van der Waals surface area contributed by atoms with Gasteiger partial charge in [0.25, 0.3) is 0 Å². The monoisotopic (exact) mass is 237 g/mol. The molecule has 2 rings (SSSR count). The SMILES string of the molecule is COC1CN(c2cncc(CO)n2)CCC1C.